The molecular weight excluding hydrogens is 273 g/mol. The molecule has 0 aliphatic rings. The van der Waals surface area contributed by atoms with Crippen LogP contribution < -0.4 is 16.0 Å². The van der Waals surface area contributed by atoms with Crippen LogP contribution in [-0.2, 0) is 4.79 Å². The maximum Gasteiger partial charge on any atom is 0.251 e. The number of likely N-dealkylation sites (N-methyl/N-ethyl adjacent to an activating group) is 1. The van der Waals surface area contributed by atoms with E-state index in [-0.39, 0.29) is 29.9 Å². The zero-order chi connectivity index (χ0) is 13.5. The summed E-state index contributed by atoms with van der Waals surface area (Å²) in [6, 6.07) is 3.83. The number of carbonyl (C=O) groups excluding carboxylic acids is 2. The summed E-state index contributed by atoms with van der Waals surface area (Å²) in [4.78, 5) is 22.6. The largest absolute Gasteiger partial charge is 0.351 e. The second-order valence-corrected chi connectivity index (χ2v) is 3.74. The molecule has 5 nitrogen and oxygen atoms in total. The number of hydrogen-bond acceptors (Lipinski definition) is 3. The number of carbonyl (C=O) groups is 2. The molecule has 0 aromatic heterocycles. The lowest BCUT2D eigenvalue weighted by atomic mass is 10.1. The van der Waals surface area contributed by atoms with Crippen LogP contribution in [0.1, 0.15) is 17.3 Å². The fourth-order valence-corrected chi connectivity index (χ4v) is 1.36. The first-order chi connectivity index (χ1) is 8.54. The van der Waals surface area contributed by atoms with Gasteiger partial charge in [0.1, 0.15) is 5.82 Å². The molecule has 7 heteroatoms. The van der Waals surface area contributed by atoms with Crippen molar-refractivity contribution in [3.63, 3.8) is 0 Å². The van der Waals surface area contributed by atoms with Crippen LogP contribution in [0.2, 0.25) is 0 Å². The van der Waals surface area contributed by atoms with Crippen LogP contribution in [-0.4, -0.2) is 32.0 Å². The number of halogens is 2. The van der Waals surface area contributed by atoms with Crippen LogP contribution in [0.5, 0.6) is 0 Å². The summed E-state index contributed by atoms with van der Waals surface area (Å²) in [5.41, 5.74) is 0.306. The Kier molecular flexibility index (Phi) is 7.71. The molecule has 0 saturated heterocycles. The van der Waals surface area contributed by atoms with E-state index in [1.54, 1.807) is 7.05 Å². The van der Waals surface area contributed by atoms with E-state index in [4.69, 9.17) is 0 Å². The Balaban J connectivity index is 0.00000324. The summed E-state index contributed by atoms with van der Waals surface area (Å²) in [5, 5.41) is 7.88. The lowest BCUT2D eigenvalue weighted by Gasteiger charge is -2.08. The van der Waals surface area contributed by atoms with Gasteiger partial charge in [-0.3, -0.25) is 9.59 Å². The molecule has 1 rings (SSSR count). The number of rotatable bonds is 5. The highest BCUT2D eigenvalue weighted by Gasteiger charge is 2.10. The molecule has 0 bridgehead atoms. The maximum absolute atomic E-state index is 13.3. The van der Waals surface area contributed by atoms with Gasteiger partial charge in [-0.25, -0.2) is 4.39 Å². The first kappa shape index (κ1) is 17.3. The van der Waals surface area contributed by atoms with Crippen molar-refractivity contribution in [2.75, 3.05) is 25.5 Å². The molecule has 0 fully saturated rings. The first-order valence-corrected chi connectivity index (χ1v) is 5.54. The summed E-state index contributed by atoms with van der Waals surface area (Å²) in [5.74, 6) is -1.27. The van der Waals surface area contributed by atoms with Crippen molar-refractivity contribution < 1.29 is 14.0 Å². The number of anilines is 1. The predicted molar refractivity (Wildman–Crippen MR) is 74.2 cm³/mol. The highest BCUT2D eigenvalue weighted by Crippen LogP contribution is 2.16. The number of hydrogen-bond donors (Lipinski definition) is 3. The van der Waals surface area contributed by atoms with Gasteiger partial charge in [-0.05, 0) is 25.2 Å². The third kappa shape index (κ3) is 5.67. The standard InChI is InChI=1S/C12H16FN3O2.ClH/c1-8(17)16-11-7-9(3-4-10(11)13)12(18)15-6-5-14-2;/h3-4,7,14H,5-6H2,1-2H3,(H,15,18)(H,16,17);1H. The van der Waals surface area contributed by atoms with Crippen LogP contribution in [0.3, 0.4) is 0 Å². The third-order valence-corrected chi connectivity index (χ3v) is 2.20. The van der Waals surface area contributed by atoms with Gasteiger partial charge in [0.25, 0.3) is 5.91 Å². The molecule has 0 atom stereocenters. The SMILES string of the molecule is CNCCNC(=O)c1ccc(F)c(NC(C)=O)c1.Cl. The monoisotopic (exact) mass is 289 g/mol. The maximum atomic E-state index is 13.3. The van der Waals surface area contributed by atoms with Gasteiger partial charge < -0.3 is 16.0 Å². The van der Waals surface area contributed by atoms with Gasteiger partial charge in [-0.15, -0.1) is 12.4 Å². The van der Waals surface area contributed by atoms with Gasteiger partial charge >= 0.3 is 0 Å². The van der Waals surface area contributed by atoms with Gasteiger partial charge in [0.15, 0.2) is 0 Å². The zero-order valence-corrected chi connectivity index (χ0v) is 11.6. The minimum absolute atomic E-state index is 0. The van der Waals surface area contributed by atoms with Crippen LogP contribution in [0.15, 0.2) is 18.2 Å². The second-order valence-electron chi connectivity index (χ2n) is 3.74. The van der Waals surface area contributed by atoms with Crippen molar-refractivity contribution in [1.29, 1.82) is 0 Å². The smallest absolute Gasteiger partial charge is 0.251 e. The van der Waals surface area contributed by atoms with Crippen molar-refractivity contribution >= 4 is 29.9 Å². The summed E-state index contributed by atoms with van der Waals surface area (Å²) < 4.78 is 13.3. The van der Waals surface area contributed by atoms with Gasteiger partial charge in [0, 0.05) is 25.6 Å². The van der Waals surface area contributed by atoms with Gasteiger partial charge in [-0.1, -0.05) is 0 Å². The molecule has 0 heterocycles. The molecule has 19 heavy (non-hydrogen) atoms. The number of amides is 2. The van der Waals surface area contributed by atoms with Crippen molar-refractivity contribution in [1.82, 2.24) is 10.6 Å². The third-order valence-electron chi connectivity index (χ3n) is 2.20. The molecule has 0 unspecified atom stereocenters. The molecule has 0 aliphatic carbocycles. The Morgan fingerprint density at radius 2 is 1.95 bits per heavy atom. The molecule has 3 N–H and O–H groups in total. The molecule has 1 aromatic carbocycles. The lowest BCUT2D eigenvalue weighted by molar-refractivity contribution is -0.114. The van der Waals surface area contributed by atoms with Crippen LogP contribution in [0, 0.1) is 5.82 Å². The molecule has 0 spiro atoms. The summed E-state index contributed by atoms with van der Waals surface area (Å²) in [7, 11) is 1.78. The van der Waals surface area contributed by atoms with Gasteiger partial charge in [0.2, 0.25) is 5.91 Å². The summed E-state index contributed by atoms with van der Waals surface area (Å²) in [6.07, 6.45) is 0. The number of nitrogens with one attached hydrogen (secondary N) is 3. The van der Waals surface area contributed by atoms with Gasteiger partial charge in [0.05, 0.1) is 5.69 Å². The van der Waals surface area contributed by atoms with Crippen molar-refractivity contribution in [2.24, 2.45) is 0 Å². The molecule has 2 amide bonds. The second kappa shape index (κ2) is 8.44. The van der Waals surface area contributed by atoms with Crippen molar-refractivity contribution in [3.8, 4) is 0 Å². The molecule has 106 valence electrons. The van der Waals surface area contributed by atoms with E-state index in [1.807, 2.05) is 0 Å². The lowest BCUT2D eigenvalue weighted by Crippen LogP contribution is -2.30. The van der Waals surface area contributed by atoms with Crippen LogP contribution in [0.4, 0.5) is 10.1 Å². The minimum atomic E-state index is -0.572. The normalized spacial score (nSPS) is 9.42. The average Bonchev–Trinajstić information content (AvgIpc) is 2.31. The van der Waals surface area contributed by atoms with E-state index in [9.17, 15) is 14.0 Å². The van der Waals surface area contributed by atoms with Crippen molar-refractivity contribution in [3.05, 3.63) is 29.6 Å². The molecular formula is C12H17ClFN3O2. The Hall–Kier alpha value is -1.66. The Labute approximate surface area is 117 Å². The molecule has 0 saturated carbocycles. The van der Waals surface area contributed by atoms with Crippen LogP contribution >= 0.6 is 12.4 Å². The molecule has 1 aromatic rings. The summed E-state index contributed by atoms with van der Waals surface area (Å²) >= 11 is 0. The van der Waals surface area contributed by atoms with E-state index in [0.29, 0.717) is 18.7 Å². The van der Waals surface area contributed by atoms with Crippen molar-refractivity contribution in [2.45, 2.75) is 6.92 Å². The molecule has 0 radical (unpaired) electrons. The Bertz CT molecular complexity index is 455. The van der Waals surface area contributed by atoms with Gasteiger partial charge in [-0.2, -0.15) is 0 Å². The van der Waals surface area contributed by atoms with E-state index in [0.717, 1.165) is 6.07 Å². The highest BCUT2D eigenvalue weighted by molar-refractivity contribution is 5.96. The first-order valence-electron chi connectivity index (χ1n) is 5.54. The predicted octanol–water partition coefficient (Wildman–Crippen LogP) is 1.16. The Morgan fingerprint density at radius 3 is 2.53 bits per heavy atom. The zero-order valence-electron chi connectivity index (χ0n) is 10.7. The number of benzene rings is 1. The van der Waals surface area contributed by atoms with Crippen LogP contribution in [0.25, 0.3) is 0 Å². The van der Waals surface area contributed by atoms with E-state index in [1.165, 1.54) is 19.1 Å². The van der Waals surface area contributed by atoms with E-state index < -0.39 is 5.82 Å². The fourth-order valence-electron chi connectivity index (χ4n) is 1.36. The molecule has 0 aliphatic heterocycles. The minimum Gasteiger partial charge on any atom is -0.351 e. The Morgan fingerprint density at radius 1 is 1.26 bits per heavy atom. The quantitative estimate of drug-likeness (QED) is 0.712. The average molecular weight is 290 g/mol. The van der Waals surface area contributed by atoms with E-state index >= 15 is 0 Å². The van der Waals surface area contributed by atoms with E-state index in [2.05, 4.69) is 16.0 Å². The highest BCUT2D eigenvalue weighted by atomic mass is 35.5. The topological polar surface area (TPSA) is 70.2 Å². The fraction of sp³-hybridized carbons (Fsp3) is 0.333. The summed E-state index contributed by atoms with van der Waals surface area (Å²) in [6.45, 7) is 2.40.